The van der Waals surface area contributed by atoms with Gasteiger partial charge in [-0.15, -0.1) is 0 Å². The smallest absolute Gasteiger partial charge is 0.247 e. The average Bonchev–Trinajstić information content (AvgIpc) is 2.49. The van der Waals surface area contributed by atoms with Crippen molar-refractivity contribution in [1.82, 2.24) is 0 Å². The van der Waals surface area contributed by atoms with Crippen LogP contribution in [0.3, 0.4) is 0 Å². The first-order valence-electron chi connectivity index (χ1n) is 7.41. The van der Waals surface area contributed by atoms with Gasteiger partial charge in [-0.3, -0.25) is 9.10 Å². The summed E-state index contributed by atoms with van der Waals surface area (Å²) in [6, 6.07) is 8.52. The van der Waals surface area contributed by atoms with Crippen molar-refractivity contribution >= 4 is 27.3 Å². The molecule has 8 heteroatoms. The number of halogens is 2. The summed E-state index contributed by atoms with van der Waals surface area (Å²) in [6.45, 7) is 3.22. The van der Waals surface area contributed by atoms with Crippen LogP contribution in [0.15, 0.2) is 42.5 Å². The Balaban J connectivity index is 2.31. The van der Waals surface area contributed by atoms with Gasteiger partial charge in [0.1, 0.15) is 6.04 Å². The lowest BCUT2D eigenvalue weighted by molar-refractivity contribution is -0.116. The van der Waals surface area contributed by atoms with Crippen LogP contribution < -0.4 is 9.62 Å². The summed E-state index contributed by atoms with van der Waals surface area (Å²) in [5.41, 5.74) is 1.21. The number of nitrogens with zero attached hydrogens (tertiary/aromatic N) is 1. The molecule has 0 heterocycles. The van der Waals surface area contributed by atoms with Crippen LogP contribution in [0.5, 0.6) is 0 Å². The molecule has 25 heavy (non-hydrogen) atoms. The molecule has 0 radical (unpaired) electrons. The molecule has 0 aliphatic heterocycles. The molecular formula is C17H18F2N2O3S. The van der Waals surface area contributed by atoms with E-state index in [0.717, 1.165) is 28.3 Å². The van der Waals surface area contributed by atoms with Gasteiger partial charge in [-0.25, -0.2) is 17.2 Å². The summed E-state index contributed by atoms with van der Waals surface area (Å²) >= 11 is 0. The predicted molar refractivity (Wildman–Crippen MR) is 93.0 cm³/mol. The van der Waals surface area contributed by atoms with Crippen LogP contribution in [0.1, 0.15) is 12.5 Å². The van der Waals surface area contributed by atoms with Crippen LogP contribution in [0, 0.1) is 18.6 Å². The Bertz CT molecular complexity index is 901. The van der Waals surface area contributed by atoms with E-state index >= 15 is 0 Å². The zero-order chi connectivity index (χ0) is 18.8. The molecule has 0 aliphatic carbocycles. The van der Waals surface area contributed by atoms with Crippen molar-refractivity contribution in [3.8, 4) is 0 Å². The SMILES string of the molecule is Cc1cccc(N(C(C)C(=O)Nc2ccc(F)c(F)c2)S(C)(=O)=O)c1. The van der Waals surface area contributed by atoms with Gasteiger partial charge in [0.15, 0.2) is 11.6 Å². The Kier molecular flexibility index (Phi) is 5.42. The normalized spacial score (nSPS) is 12.5. The van der Waals surface area contributed by atoms with E-state index in [1.165, 1.54) is 13.0 Å². The Morgan fingerprint density at radius 2 is 1.80 bits per heavy atom. The quantitative estimate of drug-likeness (QED) is 0.882. The number of hydrogen-bond donors (Lipinski definition) is 1. The first-order valence-corrected chi connectivity index (χ1v) is 9.26. The molecule has 0 saturated carbocycles. The van der Waals surface area contributed by atoms with E-state index < -0.39 is 33.6 Å². The molecule has 1 atom stereocenters. The maximum atomic E-state index is 13.3. The summed E-state index contributed by atoms with van der Waals surface area (Å²) in [5.74, 6) is -2.81. The molecule has 0 aliphatic rings. The van der Waals surface area contributed by atoms with Gasteiger partial charge < -0.3 is 5.32 Å². The number of sulfonamides is 1. The summed E-state index contributed by atoms with van der Waals surface area (Å²) < 4.78 is 51.6. The minimum atomic E-state index is -3.75. The van der Waals surface area contributed by atoms with E-state index in [4.69, 9.17) is 0 Å². The number of nitrogens with one attached hydrogen (secondary N) is 1. The third kappa shape index (κ3) is 4.54. The highest BCUT2D eigenvalue weighted by atomic mass is 32.2. The topological polar surface area (TPSA) is 66.5 Å². The van der Waals surface area contributed by atoms with Gasteiger partial charge in [0, 0.05) is 11.8 Å². The maximum absolute atomic E-state index is 13.3. The maximum Gasteiger partial charge on any atom is 0.247 e. The van der Waals surface area contributed by atoms with Gasteiger partial charge in [0.05, 0.1) is 11.9 Å². The lowest BCUT2D eigenvalue weighted by atomic mass is 10.2. The zero-order valence-electron chi connectivity index (χ0n) is 14.0. The number of carbonyl (C=O) groups is 1. The standard InChI is InChI=1S/C17H18F2N2O3S/c1-11-5-4-6-14(9-11)21(25(3,23)24)12(2)17(22)20-13-7-8-15(18)16(19)10-13/h4-10,12H,1-3H3,(H,20,22). The minimum absolute atomic E-state index is 0.0356. The summed E-state index contributed by atoms with van der Waals surface area (Å²) in [4.78, 5) is 12.4. The van der Waals surface area contributed by atoms with Gasteiger partial charge in [0.25, 0.3) is 0 Å². The molecule has 2 aromatic carbocycles. The fourth-order valence-corrected chi connectivity index (χ4v) is 3.56. The Labute approximate surface area is 145 Å². The number of carbonyl (C=O) groups excluding carboxylic acids is 1. The highest BCUT2D eigenvalue weighted by Crippen LogP contribution is 2.23. The van der Waals surface area contributed by atoms with E-state index in [1.807, 2.05) is 0 Å². The van der Waals surface area contributed by atoms with Gasteiger partial charge in [-0.2, -0.15) is 0 Å². The van der Waals surface area contributed by atoms with Crippen molar-refractivity contribution in [2.75, 3.05) is 15.9 Å². The lowest BCUT2D eigenvalue weighted by Crippen LogP contribution is -2.45. The van der Waals surface area contributed by atoms with Crippen LogP contribution in [-0.2, 0) is 14.8 Å². The molecule has 1 N–H and O–H groups in total. The summed E-state index contributed by atoms with van der Waals surface area (Å²) in [7, 11) is -3.75. The largest absolute Gasteiger partial charge is 0.324 e. The first-order chi connectivity index (χ1) is 11.6. The molecule has 134 valence electrons. The van der Waals surface area contributed by atoms with Crippen molar-refractivity contribution in [3.63, 3.8) is 0 Å². The molecule has 0 saturated heterocycles. The number of aryl methyl sites for hydroxylation is 1. The van der Waals surface area contributed by atoms with Gasteiger partial charge in [0.2, 0.25) is 15.9 Å². The fourth-order valence-electron chi connectivity index (χ4n) is 2.39. The second kappa shape index (κ2) is 7.18. The van der Waals surface area contributed by atoms with Crippen molar-refractivity contribution in [2.45, 2.75) is 19.9 Å². The van der Waals surface area contributed by atoms with Gasteiger partial charge >= 0.3 is 0 Å². The summed E-state index contributed by atoms with van der Waals surface area (Å²) in [5, 5.41) is 2.39. The highest BCUT2D eigenvalue weighted by molar-refractivity contribution is 7.92. The van der Waals surface area contributed by atoms with Crippen molar-refractivity contribution < 1.29 is 22.0 Å². The molecule has 0 aromatic heterocycles. The van der Waals surface area contributed by atoms with Crippen LogP contribution in [0.4, 0.5) is 20.2 Å². The third-order valence-electron chi connectivity index (χ3n) is 3.53. The molecule has 1 unspecified atom stereocenters. The molecule has 0 bridgehead atoms. The van der Waals surface area contributed by atoms with Crippen LogP contribution in [0.25, 0.3) is 0 Å². The number of amides is 1. The summed E-state index contributed by atoms with van der Waals surface area (Å²) in [6.07, 6.45) is 0.997. The Morgan fingerprint density at radius 3 is 2.36 bits per heavy atom. The molecule has 1 amide bonds. The Morgan fingerprint density at radius 1 is 1.12 bits per heavy atom. The number of anilines is 2. The third-order valence-corrected chi connectivity index (χ3v) is 4.77. The molecule has 0 spiro atoms. The van der Waals surface area contributed by atoms with Crippen molar-refractivity contribution in [3.05, 3.63) is 59.7 Å². The van der Waals surface area contributed by atoms with E-state index in [0.29, 0.717) is 5.69 Å². The second-order valence-electron chi connectivity index (χ2n) is 5.69. The van der Waals surface area contributed by atoms with Crippen LogP contribution in [-0.4, -0.2) is 26.6 Å². The van der Waals surface area contributed by atoms with Crippen molar-refractivity contribution in [1.29, 1.82) is 0 Å². The molecule has 5 nitrogen and oxygen atoms in total. The molecule has 2 aromatic rings. The number of hydrogen-bond acceptors (Lipinski definition) is 3. The van der Waals surface area contributed by atoms with E-state index in [2.05, 4.69) is 5.32 Å². The molecule has 2 rings (SSSR count). The Hall–Kier alpha value is -2.48. The zero-order valence-corrected chi connectivity index (χ0v) is 14.8. The van der Waals surface area contributed by atoms with Gasteiger partial charge in [-0.1, -0.05) is 12.1 Å². The van der Waals surface area contributed by atoms with E-state index in [-0.39, 0.29) is 5.69 Å². The minimum Gasteiger partial charge on any atom is -0.324 e. The van der Waals surface area contributed by atoms with Crippen LogP contribution >= 0.6 is 0 Å². The monoisotopic (exact) mass is 368 g/mol. The fraction of sp³-hybridized carbons (Fsp3) is 0.235. The lowest BCUT2D eigenvalue weighted by Gasteiger charge is -2.28. The molecule has 0 fully saturated rings. The predicted octanol–water partition coefficient (Wildman–Crippen LogP) is 3.07. The molecular weight excluding hydrogens is 350 g/mol. The average molecular weight is 368 g/mol. The number of rotatable bonds is 5. The van der Waals surface area contributed by atoms with Gasteiger partial charge in [-0.05, 0) is 43.7 Å². The highest BCUT2D eigenvalue weighted by Gasteiger charge is 2.29. The number of benzene rings is 2. The van der Waals surface area contributed by atoms with Crippen LogP contribution in [0.2, 0.25) is 0 Å². The van der Waals surface area contributed by atoms with E-state index in [1.54, 1.807) is 31.2 Å². The first kappa shape index (κ1) is 18.9. The van der Waals surface area contributed by atoms with Crippen molar-refractivity contribution in [2.24, 2.45) is 0 Å². The second-order valence-corrected chi connectivity index (χ2v) is 7.55. The van der Waals surface area contributed by atoms with E-state index in [9.17, 15) is 22.0 Å².